The first kappa shape index (κ1) is 31.2. The van der Waals surface area contributed by atoms with E-state index in [1.54, 1.807) is 61.6 Å². The number of halogens is 1. The molecule has 2 amide bonds. The van der Waals surface area contributed by atoms with Crippen molar-refractivity contribution in [1.29, 1.82) is 0 Å². The van der Waals surface area contributed by atoms with Gasteiger partial charge in [-0.3, -0.25) is 4.98 Å². The van der Waals surface area contributed by atoms with Crippen LogP contribution in [-0.4, -0.2) is 57.1 Å². The van der Waals surface area contributed by atoms with E-state index < -0.39 is 47.2 Å². The number of nitrogens with zero attached hydrogens (tertiary/aromatic N) is 2. The highest BCUT2D eigenvalue weighted by atomic mass is 35.5. The third kappa shape index (κ3) is 7.05. The number of pyridine rings is 1. The first-order valence-electron chi connectivity index (χ1n) is 13.2. The molecule has 0 saturated carbocycles. The van der Waals surface area contributed by atoms with Gasteiger partial charge in [-0.2, -0.15) is 0 Å². The van der Waals surface area contributed by atoms with Crippen molar-refractivity contribution in [3.63, 3.8) is 0 Å². The average molecular weight is 561 g/mol. The summed E-state index contributed by atoms with van der Waals surface area (Å²) in [5, 5.41) is 2.24. The molecular weight excluding hydrogens is 519 g/mol. The van der Waals surface area contributed by atoms with Crippen LogP contribution in [0.1, 0.15) is 88.8 Å². The summed E-state index contributed by atoms with van der Waals surface area (Å²) in [6, 6.07) is 5.58. The quantitative estimate of drug-likeness (QED) is 0.385. The molecule has 0 atom stereocenters. The van der Waals surface area contributed by atoms with Gasteiger partial charge in [0, 0.05) is 34.0 Å². The summed E-state index contributed by atoms with van der Waals surface area (Å²) in [6.07, 6.45) is 0.454. The fourth-order valence-electron chi connectivity index (χ4n) is 4.24. The van der Waals surface area contributed by atoms with Gasteiger partial charge in [-0.05, 0) is 101 Å². The van der Waals surface area contributed by atoms with E-state index in [2.05, 4.69) is 0 Å². The van der Waals surface area contributed by atoms with Gasteiger partial charge in [0.25, 0.3) is 0 Å². The van der Waals surface area contributed by atoms with Crippen LogP contribution in [0.25, 0.3) is 10.8 Å². The van der Waals surface area contributed by atoms with Gasteiger partial charge in [0.1, 0.15) is 11.2 Å². The summed E-state index contributed by atoms with van der Waals surface area (Å²) in [7, 11) is -0.597. The Morgan fingerprint density at radius 3 is 1.97 bits per heavy atom. The van der Waals surface area contributed by atoms with Crippen molar-refractivity contribution in [2.45, 2.75) is 117 Å². The zero-order chi connectivity index (χ0) is 29.8. The lowest BCUT2D eigenvalue weighted by Crippen LogP contribution is -2.53. The summed E-state index contributed by atoms with van der Waals surface area (Å²) in [6.45, 7) is 22.0. The van der Waals surface area contributed by atoms with E-state index in [9.17, 15) is 9.59 Å². The molecule has 1 aromatic carbocycles. The predicted molar refractivity (Wildman–Crippen MR) is 155 cm³/mol. The average Bonchev–Trinajstić information content (AvgIpc) is 2.91. The standard InChI is InChI=1S/C29H42BClN2O6/c1-25(2,3)33(23(34)36-26(4,5)6)24(35)37-27(7,8)16-22-20-15-18(31)13-14-19(20)21(17-32-22)30-38-28(9,10)29(11,12)39-30/h13-15,17H,16H2,1-12H3. The van der Waals surface area contributed by atoms with E-state index in [1.165, 1.54) is 0 Å². The van der Waals surface area contributed by atoms with Crippen LogP contribution in [0.2, 0.25) is 5.02 Å². The predicted octanol–water partition coefficient (Wildman–Crippen LogP) is 6.68. The molecule has 10 heteroatoms. The Labute approximate surface area is 237 Å². The Bertz CT molecular complexity index is 1250. The van der Waals surface area contributed by atoms with Gasteiger partial charge in [0.2, 0.25) is 0 Å². The smallest absolute Gasteiger partial charge is 0.443 e. The van der Waals surface area contributed by atoms with E-state index in [4.69, 9.17) is 35.4 Å². The van der Waals surface area contributed by atoms with Crippen LogP contribution in [0.5, 0.6) is 0 Å². The maximum atomic E-state index is 13.3. The summed E-state index contributed by atoms with van der Waals surface area (Å²) in [5.74, 6) is 0. The Morgan fingerprint density at radius 1 is 0.923 bits per heavy atom. The third-order valence-electron chi connectivity index (χ3n) is 6.86. The summed E-state index contributed by atoms with van der Waals surface area (Å²) < 4.78 is 23.9. The molecule has 1 fully saturated rings. The van der Waals surface area contributed by atoms with Crippen LogP contribution < -0.4 is 5.46 Å². The number of carbonyl (C=O) groups excluding carboxylic acids is 2. The van der Waals surface area contributed by atoms with Crippen LogP contribution >= 0.6 is 11.6 Å². The minimum absolute atomic E-state index is 0.269. The van der Waals surface area contributed by atoms with Crippen molar-refractivity contribution < 1.29 is 28.4 Å². The zero-order valence-electron chi connectivity index (χ0n) is 25.3. The van der Waals surface area contributed by atoms with Gasteiger partial charge < -0.3 is 18.8 Å². The second kappa shape index (κ2) is 10.2. The second-order valence-electron chi connectivity index (χ2n) is 13.7. The first-order valence-corrected chi connectivity index (χ1v) is 13.6. The number of ether oxygens (including phenoxy) is 2. The lowest BCUT2D eigenvalue weighted by molar-refractivity contribution is -0.0208. The highest BCUT2D eigenvalue weighted by molar-refractivity contribution is 6.65. The number of imide groups is 1. The molecule has 214 valence electrons. The lowest BCUT2D eigenvalue weighted by Gasteiger charge is -2.36. The Morgan fingerprint density at radius 2 is 1.46 bits per heavy atom. The Kier molecular flexibility index (Phi) is 8.18. The van der Waals surface area contributed by atoms with Crippen molar-refractivity contribution in [1.82, 2.24) is 9.88 Å². The summed E-state index contributed by atoms with van der Waals surface area (Å²) >= 11 is 6.39. The molecule has 0 aliphatic carbocycles. The molecule has 0 bridgehead atoms. The number of aromatic nitrogens is 1. The molecule has 2 aromatic rings. The SMILES string of the molecule is CC(C)(C)OC(=O)N(C(=O)OC(C)(C)Cc1ncc(B2OC(C)(C)C(C)(C)O2)c2ccc(Cl)cc12)C(C)(C)C. The van der Waals surface area contributed by atoms with Crippen molar-refractivity contribution >= 4 is 47.1 Å². The number of rotatable bonds is 4. The number of fused-ring (bicyclic) bond motifs is 1. The van der Waals surface area contributed by atoms with E-state index in [1.807, 2.05) is 45.9 Å². The highest BCUT2D eigenvalue weighted by Crippen LogP contribution is 2.37. The van der Waals surface area contributed by atoms with Gasteiger partial charge >= 0.3 is 19.3 Å². The molecule has 1 aromatic heterocycles. The molecule has 1 aliphatic rings. The molecule has 1 saturated heterocycles. The van der Waals surface area contributed by atoms with E-state index in [-0.39, 0.29) is 6.42 Å². The topological polar surface area (TPSA) is 87.2 Å². The number of benzene rings is 1. The van der Waals surface area contributed by atoms with Crippen molar-refractivity contribution in [2.75, 3.05) is 0 Å². The number of hydrogen-bond acceptors (Lipinski definition) is 7. The van der Waals surface area contributed by atoms with Crippen LogP contribution in [0, 0.1) is 0 Å². The van der Waals surface area contributed by atoms with Crippen molar-refractivity contribution in [2.24, 2.45) is 0 Å². The molecule has 1 aliphatic heterocycles. The van der Waals surface area contributed by atoms with E-state index in [0.29, 0.717) is 10.7 Å². The second-order valence-corrected chi connectivity index (χ2v) is 14.2. The van der Waals surface area contributed by atoms with Crippen molar-refractivity contribution in [3.05, 3.63) is 35.1 Å². The molecule has 39 heavy (non-hydrogen) atoms. The summed E-state index contributed by atoms with van der Waals surface area (Å²) in [5.41, 5.74) is -2.17. The van der Waals surface area contributed by atoms with E-state index >= 15 is 0 Å². The van der Waals surface area contributed by atoms with Crippen LogP contribution in [-0.2, 0) is 25.2 Å². The van der Waals surface area contributed by atoms with Gasteiger partial charge in [-0.15, -0.1) is 0 Å². The van der Waals surface area contributed by atoms with Crippen molar-refractivity contribution in [3.8, 4) is 0 Å². The van der Waals surface area contributed by atoms with Gasteiger partial charge in [0.05, 0.1) is 16.9 Å². The third-order valence-corrected chi connectivity index (χ3v) is 7.09. The minimum atomic E-state index is -1.02. The fourth-order valence-corrected chi connectivity index (χ4v) is 4.42. The number of carbonyl (C=O) groups is 2. The molecule has 0 N–H and O–H groups in total. The molecule has 3 rings (SSSR count). The fraction of sp³-hybridized carbons (Fsp3) is 0.621. The molecular formula is C29H42BClN2O6. The maximum absolute atomic E-state index is 13.3. The van der Waals surface area contributed by atoms with Crippen LogP contribution in [0.4, 0.5) is 9.59 Å². The van der Waals surface area contributed by atoms with Gasteiger partial charge in [-0.25, -0.2) is 14.5 Å². The molecule has 8 nitrogen and oxygen atoms in total. The zero-order valence-corrected chi connectivity index (χ0v) is 26.1. The van der Waals surface area contributed by atoms with Crippen LogP contribution in [0.3, 0.4) is 0 Å². The maximum Gasteiger partial charge on any atom is 0.497 e. The Hall–Kier alpha value is -2.36. The highest BCUT2D eigenvalue weighted by Gasteiger charge is 2.52. The molecule has 2 heterocycles. The molecule has 0 unspecified atom stereocenters. The molecule has 0 radical (unpaired) electrons. The van der Waals surface area contributed by atoms with Crippen LogP contribution in [0.15, 0.2) is 24.4 Å². The largest absolute Gasteiger partial charge is 0.497 e. The van der Waals surface area contributed by atoms with Gasteiger partial charge in [0.15, 0.2) is 0 Å². The normalized spacial score (nSPS) is 17.3. The lowest BCUT2D eigenvalue weighted by atomic mass is 9.76. The van der Waals surface area contributed by atoms with Gasteiger partial charge in [-0.1, -0.05) is 17.7 Å². The number of hydrogen-bond donors (Lipinski definition) is 0. The minimum Gasteiger partial charge on any atom is -0.443 e. The number of amides is 2. The summed E-state index contributed by atoms with van der Waals surface area (Å²) in [4.78, 5) is 32.0. The van der Waals surface area contributed by atoms with E-state index in [0.717, 1.165) is 21.1 Å². The monoisotopic (exact) mass is 560 g/mol. The first-order chi connectivity index (χ1) is 17.5. The Balaban J connectivity index is 1.93. The molecule has 0 spiro atoms.